The summed E-state index contributed by atoms with van der Waals surface area (Å²) in [4.78, 5) is 11.8. The van der Waals surface area contributed by atoms with Gasteiger partial charge in [-0.25, -0.2) is 4.79 Å². The van der Waals surface area contributed by atoms with E-state index in [0.29, 0.717) is 6.61 Å². The van der Waals surface area contributed by atoms with Crippen LogP contribution in [0.4, 0.5) is 0 Å². The number of ether oxygens (including phenoxy) is 2. The topological polar surface area (TPSA) is 35.5 Å². The third-order valence-electron chi connectivity index (χ3n) is 3.38. The second kappa shape index (κ2) is 10.0. The summed E-state index contributed by atoms with van der Waals surface area (Å²) in [6.45, 7) is 4.71. The number of esters is 1. The van der Waals surface area contributed by atoms with Crippen molar-refractivity contribution < 1.29 is 14.3 Å². The molecule has 0 N–H and O–H groups in total. The van der Waals surface area contributed by atoms with E-state index in [1.54, 1.807) is 13.2 Å². The lowest BCUT2D eigenvalue weighted by Gasteiger charge is -2.07. The predicted octanol–water partition coefficient (Wildman–Crippen LogP) is 4.61. The molecule has 0 saturated carbocycles. The van der Waals surface area contributed by atoms with Crippen molar-refractivity contribution in [2.75, 3.05) is 13.7 Å². The van der Waals surface area contributed by atoms with Crippen LogP contribution >= 0.6 is 0 Å². The van der Waals surface area contributed by atoms with Crippen LogP contribution in [0.15, 0.2) is 30.3 Å². The highest BCUT2D eigenvalue weighted by atomic mass is 16.5. The highest BCUT2D eigenvalue weighted by Crippen LogP contribution is 2.21. The molecule has 0 amide bonds. The summed E-state index contributed by atoms with van der Waals surface area (Å²) in [5.74, 6) is 0.562. The van der Waals surface area contributed by atoms with E-state index in [4.69, 9.17) is 9.47 Å². The minimum absolute atomic E-state index is 0.251. The summed E-state index contributed by atoms with van der Waals surface area (Å²) in [7, 11) is 1.64. The van der Waals surface area contributed by atoms with Gasteiger partial charge in [0.1, 0.15) is 5.75 Å². The van der Waals surface area contributed by atoms with Gasteiger partial charge in [-0.05, 0) is 36.1 Å². The van der Waals surface area contributed by atoms with Gasteiger partial charge in [0.25, 0.3) is 0 Å². The number of hydrogen-bond donors (Lipinski definition) is 0. The second-order valence-electron chi connectivity index (χ2n) is 4.98. The van der Waals surface area contributed by atoms with E-state index in [9.17, 15) is 4.79 Å². The lowest BCUT2D eigenvalue weighted by atomic mass is 10.0. The van der Waals surface area contributed by atoms with Gasteiger partial charge in [0.05, 0.1) is 13.7 Å². The number of benzene rings is 1. The van der Waals surface area contributed by atoms with Gasteiger partial charge in [-0.1, -0.05) is 45.2 Å². The molecule has 1 rings (SSSR count). The zero-order valence-electron chi connectivity index (χ0n) is 13.4. The molecule has 0 fully saturated rings. The van der Waals surface area contributed by atoms with Crippen molar-refractivity contribution in [2.24, 2.45) is 0 Å². The van der Waals surface area contributed by atoms with Gasteiger partial charge in [-0.3, -0.25) is 0 Å². The van der Waals surface area contributed by atoms with Crippen LogP contribution in [0.2, 0.25) is 0 Å². The normalized spacial score (nSPS) is 11.3. The molecule has 0 bridgehead atoms. The highest BCUT2D eigenvalue weighted by Gasteiger charge is 2.05. The van der Waals surface area contributed by atoms with E-state index in [1.165, 1.54) is 12.8 Å². The number of methoxy groups -OCH3 is 1. The fourth-order valence-corrected chi connectivity index (χ4v) is 2.08. The van der Waals surface area contributed by atoms with Gasteiger partial charge in [-0.2, -0.15) is 0 Å². The first kappa shape index (κ1) is 17.3. The van der Waals surface area contributed by atoms with Crippen molar-refractivity contribution in [2.45, 2.75) is 46.0 Å². The summed E-state index contributed by atoms with van der Waals surface area (Å²) in [5.41, 5.74) is 2.01. The first-order valence-electron chi connectivity index (χ1n) is 7.73. The molecule has 0 aliphatic rings. The Kier molecular flexibility index (Phi) is 8.25. The van der Waals surface area contributed by atoms with Crippen LogP contribution in [0.5, 0.6) is 5.75 Å². The Labute approximate surface area is 128 Å². The predicted molar refractivity (Wildman–Crippen MR) is 86.4 cm³/mol. The van der Waals surface area contributed by atoms with Crippen molar-refractivity contribution >= 4 is 11.5 Å². The van der Waals surface area contributed by atoms with Crippen LogP contribution in [0.25, 0.3) is 5.57 Å². The monoisotopic (exact) mass is 290 g/mol. The number of allylic oxidation sites excluding steroid dienone is 1. The number of hydrogen-bond acceptors (Lipinski definition) is 3. The third kappa shape index (κ3) is 6.48. The Balaban J connectivity index is 2.54. The molecule has 0 aromatic heterocycles. The van der Waals surface area contributed by atoms with Crippen molar-refractivity contribution in [1.29, 1.82) is 0 Å². The fourth-order valence-electron chi connectivity index (χ4n) is 2.08. The van der Waals surface area contributed by atoms with E-state index in [0.717, 1.165) is 36.1 Å². The molecule has 0 aliphatic carbocycles. The van der Waals surface area contributed by atoms with Crippen LogP contribution in [-0.4, -0.2) is 19.7 Å². The molecule has 0 heterocycles. The third-order valence-corrected chi connectivity index (χ3v) is 3.38. The number of carbonyl (C=O) groups excluding carboxylic acids is 1. The summed E-state index contributed by atoms with van der Waals surface area (Å²) in [5, 5.41) is 0. The Morgan fingerprint density at radius 1 is 1.10 bits per heavy atom. The molecule has 0 saturated heterocycles. The van der Waals surface area contributed by atoms with Crippen molar-refractivity contribution in [1.82, 2.24) is 0 Å². The SMILES string of the molecule is CCCCCCOC(=O)/C=C(\CC)c1ccc(OC)cc1. The molecule has 3 nitrogen and oxygen atoms in total. The molecule has 0 spiro atoms. The van der Waals surface area contributed by atoms with E-state index >= 15 is 0 Å². The Morgan fingerprint density at radius 3 is 2.38 bits per heavy atom. The van der Waals surface area contributed by atoms with Gasteiger partial charge in [0.15, 0.2) is 0 Å². The quantitative estimate of drug-likeness (QED) is 0.378. The van der Waals surface area contributed by atoms with Gasteiger partial charge in [0.2, 0.25) is 0 Å². The first-order valence-corrected chi connectivity index (χ1v) is 7.73. The summed E-state index contributed by atoms with van der Waals surface area (Å²) >= 11 is 0. The van der Waals surface area contributed by atoms with Crippen molar-refractivity contribution in [3.63, 3.8) is 0 Å². The molecule has 3 heteroatoms. The smallest absolute Gasteiger partial charge is 0.331 e. The van der Waals surface area contributed by atoms with Crippen LogP contribution < -0.4 is 4.74 Å². The number of carbonyl (C=O) groups is 1. The summed E-state index contributed by atoms with van der Waals surface area (Å²) in [6, 6.07) is 7.72. The molecule has 0 atom stereocenters. The zero-order valence-corrected chi connectivity index (χ0v) is 13.4. The maximum absolute atomic E-state index is 11.8. The lowest BCUT2D eigenvalue weighted by Crippen LogP contribution is -2.03. The second-order valence-corrected chi connectivity index (χ2v) is 4.98. The maximum atomic E-state index is 11.8. The molecule has 1 aromatic rings. The van der Waals surface area contributed by atoms with Crippen molar-refractivity contribution in [3.05, 3.63) is 35.9 Å². The van der Waals surface area contributed by atoms with Crippen LogP contribution in [-0.2, 0) is 9.53 Å². The summed E-state index contributed by atoms with van der Waals surface area (Å²) in [6.07, 6.45) is 6.83. The molecule has 0 unspecified atom stereocenters. The van der Waals surface area contributed by atoms with E-state index in [-0.39, 0.29) is 5.97 Å². The Morgan fingerprint density at radius 2 is 1.81 bits per heavy atom. The zero-order chi connectivity index (χ0) is 15.5. The van der Waals surface area contributed by atoms with Crippen LogP contribution in [0, 0.1) is 0 Å². The fraction of sp³-hybridized carbons (Fsp3) is 0.500. The highest BCUT2D eigenvalue weighted by molar-refractivity contribution is 5.91. The lowest BCUT2D eigenvalue weighted by molar-refractivity contribution is -0.137. The average Bonchev–Trinajstić information content (AvgIpc) is 2.52. The Hall–Kier alpha value is -1.77. The Bertz CT molecular complexity index is 446. The minimum Gasteiger partial charge on any atom is -0.497 e. The largest absolute Gasteiger partial charge is 0.497 e. The van der Waals surface area contributed by atoms with Gasteiger partial charge in [0, 0.05) is 6.08 Å². The molecule has 21 heavy (non-hydrogen) atoms. The van der Waals surface area contributed by atoms with Gasteiger partial charge < -0.3 is 9.47 Å². The van der Waals surface area contributed by atoms with E-state index < -0.39 is 0 Å². The average molecular weight is 290 g/mol. The molecular formula is C18H26O3. The molecule has 0 aliphatic heterocycles. The van der Waals surface area contributed by atoms with E-state index in [2.05, 4.69) is 6.92 Å². The molecule has 1 aromatic carbocycles. The van der Waals surface area contributed by atoms with Crippen LogP contribution in [0.3, 0.4) is 0 Å². The molecular weight excluding hydrogens is 264 g/mol. The van der Waals surface area contributed by atoms with Gasteiger partial charge in [-0.15, -0.1) is 0 Å². The standard InChI is InChI=1S/C18H26O3/c1-4-6-7-8-13-21-18(19)14-15(5-2)16-9-11-17(20-3)12-10-16/h9-12,14H,4-8,13H2,1-3H3/b15-14+. The maximum Gasteiger partial charge on any atom is 0.331 e. The van der Waals surface area contributed by atoms with Crippen molar-refractivity contribution in [3.8, 4) is 5.75 Å². The first-order chi connectivity index (χ1) is 10.2. The van der Waals surface area contributed by atoms with Gasteiger partial charge >= 0.3 is 5.97 Å². The van der Waals surface area contributed by atoms with Crippen LogP contribution in [0.1, 0.15) is 51.5 Å². The number of unbranched alkanes of at least 4 members (excludes halogenated alkanes) is 3. The number of rotatable bonds is 9. The van der Waals surface area contributed by atoms with E-state index in [1.807, 2.05) is 31.2 Å². The minimum atomic E-state index is -0.251. The summed E-state index contributed by atoms with van der Waals surface area (Å²) < 4.78 is 10.4. The molecule has 0 radical (unpaired) electrons. The molecule has 116 valence electrons.